The lowest BCUT2D eigenvalue weighted by Crippen LogP contribution is -2.34. The van der Waals surface area contributed by atoms with Crippen molar-refractivity contribution < 1.29 is 34.4 Å². The van der Waals surface area contributed by atoms with E-state index in [2.05, 4.69) is 0 Å². The number of carboxylic acid groups (broad SMARTS) is 1. The maximum Gasteiger partial charge on any atom is 0.327 e. The van der Waals surface area contributed by atoms with Crippen LogP contribution < -0.4 is 4.74 Å². The first-order valence-electron chi connectivity index (χ1n) is 9.20. The monoisotopic (exact) mass is 390 g/mol. The molecule has 0 heterocycles. The van der Waals surface area contributed by atoms with Gasteiger partial charge in [-0.05, 0) is 25.0 Å². The molecule has 0 radical (unpaired) electrons. The average Bonchev–Trinajstić information content (AvgIpc) is 2.94. The van der Waals surface area contributed by atoms with Gasteiger partial charge in [0, 0.05) is 18.4 Å². The van der Waals surface area contributed by atoms with Gasteiger partial charge in [0.25, 0.3) is 0 Å². The standard InChI is InChI=1S/C21H26O7/c22-15(13-27-16-8-4-3-5-9-16)14-28-21-17(18(23)12-19(21)24)10-6-1-2-7-11-20(25)26/h1,3-9,11,15,17,19,21-22,24H,2,10,12-14H2,(H,25,26). The molecular formula is C21H26O7. The Morgan fingerprint density at radius 2 is 1.93 bits per heavy atom. The summed E-state index contributed by atoms with van der Waals surface area (Å²) < 4.78 is 11.1. The van der Waals surface area contributed by atoms with E-state index in [1.807, 2.05) is 18.2 Å². The van der Waals surface area contributed by atoms with E-state index in [9.17, 15) is 19.8 Å². The third-order valence-electron chi connectivity index (χ3n) is 4.36. The number of carboxylic acids is 1. The van der Waals surface area contributed by atoms with Gasteiger partial charge in [0.2, 0.25) is 0 Å². The highest BCUT2D eigenvalue weighted by molar-refractivity contribution is 5.85. The van der Waals surface area contributed by atoms with Crippen molar-refractivity contribution in [3.8, 4) is 5.75 Å². The molecule has 28 heavy (non-hydrogen) atoms. The van der Waals surface area contributed by atoms with Gasteiger partial charge in [-0.25, -0.2) is 4.79 Å². The van der Waals surface area contributed by atoms with Crippen LogP contribution in [0.2, 0.25) is 0 Å². The molecule has 4 atom stereocenters. The quantitative estimate of drug-likeness (QED) is 0.390. The van der Waals surface area contributed by atoms with E-state index in [4.69, 9.17) is 14.6 Å². The number of benzene rings is 1. The van der Waals surface area contributed by atoms with Crippen molar-refractivity contribution in [1.82, 2.24) is 0 Å². The van der Waals surface area contributed by atoms with Gasteiger partial charge >= 0.3 is 5.97 Å². The number of allylic oxidation sites excluding steroid dienone is 3. The molecule has 152 valence electrons. The number of carbonyl (C=O) groups excluding carboxylic acids is 1. The Labute approximate surface area is 163 Å². The maximum atomic E-state index is 12.1. The van der Waals surface area contributed by atoms with Gasteiger partial charge in [0.1, 0.15) is 24.2 Å². The van der Waals surface area contributed by atoms with E-state index in [0.29, 0.717) is 18.6 Å². The zero-order chi connectivity index (χ0) is 20.4. The zero-order valence-electron chi connectivity index (χ0n) is 15.5. The van der Waals surface area contributed by atoms with Crippen LogP contribution in [0.3, 0.4) is 0 Å². The fourth-order valence-corrected chi connectivity index (χ4v) is 2.98. The summed E-state index contributed by atoms with van der Waals surface area (Å²) in [4.78, 5) is 22.5. The molecule has 0 bridgehead atoms. The van der Waals surface area contributed by atoms with Crippen LogP contribution in [0.4, 0.5) is 0 Å². The topological polar surface area (TPSA) is 113 Å². The number of aliphatic carboxylic acids is 1. The SMILES string of the molecule is O=C(O)C=CCC=CCC1C(=O)CC(O)C1OCC(O)COc1ccccc1. The Bertz CT molecular complexity index is 683. The van der Waals surface area contributed by atoms with Gasteiger partial charge in [-0.15, -0.1) is 0 Å². The summed E-state index contributed by atoms with van der Waals surface area (Å²) in [6.45, 7) is -0.00927. The van der Waals surface area contributed by atoms with E-state index in [1.54, 1.807) is 24.3 Å². The molecule has 1 fully saturated rings. The fraction of sp³-hybridized carbons (Fsp3) is 0.429. The van der Waals surface area contributed by atoms with Gasteiger partial charge in [0.05, 0.1) is 18.8 Å². The van der Waals surface area contributed by atoms with Crippen molar-refractivity contribution in [2.45, 2.75) is 37.6 Å². The molecule has 0 saturated heterocycles. The van der Waals surface area contributed by atoms with Crippen LogP contribution in [0.1, 0.15) is 19.3 Å². The molecule has 0 spiro atoms. The summed E-state index contributed by atoms with van der Waals surface area (Å²) in [6, 6.07) is 9.08. The van der Waals surface area contributed by atoms with Crippen LogP contribution in [0.15, 0.2) is 54.6 Å². The predicted molar refractivity (Wildman–Crippen MR) is 102 cm³/mol. The van der Waals surface area contributed by atoms with Gasteiger partial charge in [-0.2, -0.15) is 0 Å². The molecule has 0 amide bonds. The number of ketones is 1. The van der Waals surface area contributed by atoms with Crippen LogP contribution in [0.25, 0.3) is 0 Å². The largest absolute Gasteiger partial charge is 0.491 e. The Balaban J connectivity index is 1.78. The number of aliphatic hydroxyl groups is 2. The average molecular weight is 390 g/mol. The van der Waals surface area contributed by atoms with E-state index < -0.39 is 30.2 Å². The summed E-state index contributed by atoms with van der Waals surface area (Å²) >= 11 is 0. The molecule has 3 N–H and O–H groups in total. The summed E-state index contributed by atoms with van der Waals surface area (Å²) in [6.07, 6.45) is 4.47. The molecule has 1 aliphatic rings. The number of aliphatic hydroxyl groups excluding tert-OH is 2. The number of para-hydroxylation sites is 1. The molecule has 0 aliphatic heterocycles. The highest BCUT2D eigenvalue weighted by Gasteiger charge is 2.41. The van der Waals surface area contributed by atoms with Gasteiger partial charge in [-0.1, -0.05) is 36.4 Å². The van der Waals surface area contributed by atoms with E-state index in [0.717, 1.165) is 6.08 Å². The Morgan fingerprint density at radius 3 is 2.64 bits per heavy atom. The zero-order valence-corrected chi connectivity index (χ0v) is 15.5. The first-order chi connectivity index (χ1) is 13.5. The lowest BCUT2D eigenvalue weighted by molar-refractivity contribution is -0.131. The van der Waals surface area contributed by atoms with E-state index >= 15 is 0 Å². The molecule has 1 saturated carbocycles. The Morgan fingerprint density at radius 1 is 1.18 bits per heavy atom. The van der Waals surface area contributed by atoms with Crippen molar-refractivity contribution in [1.29, 1.82) is 0 Å². The first kappa shape index (κ1) is 21.8. The number of hydrogen-bond donors (Lipinski definition) is 3. The first-order valence-corrected chi connectivity index (χ1v) is 9.20. The lowest BCUT2D eigenvalue weighted by Gasteiger charge is -2.22. The Kier molecular flexibility index (Phi) is 8.87. The molecule has 1 aliphatic carbocycles. The molecule has 1 aromatic carbocycles. The minimum atomic E-state index is -1.01. The van der Waals surface area contributed by atoms with E-state index in [-0.39, 0.29) is 25.4 Å². The molecule has 7 heteroatoms. The second-order valence-corrected chi connectivity index (χ2v) is 6.60. The van der Waals surface area contributed by atoms with Crippen molar-refractivity contribution in [3.05, 3.63) is 54.6 Å². The molecule has 4 unspecified atom stereocenters. The number of rotatable bonds is 11. The maximum absolute atomic E-state index is 12.1. The van der Waals surface area contributed by atoms with Crippen LogP contribution in [0.5, 0.6) is 5.75 Å². The van der Waals surface area contributed by atoms with Gasteiger partial charge in [0.15, 0.2) is 0 Å². The fourth-order valence-electron chi connectivity index (χ4n) is 2.98. The summed E-state index contributed by atoms with van der Waals surface area (Å²) in [5, 5.41) is 28.7. The predicted octanol–water partition coefficient (Wildman–Crippen LogP) is 1.74. The van der Waals surface area contributed by atoms with E-state index in [1.165, 1.54) is 6.08 Å². The van der Waals surface area contributed by atoms with Crippen LogP contribution in [-0.2, 0) is 14.3 Å². The number of ether oxygens (including phenoxy) is 2. The van der Waals surface area contributed by atoms with Crippen LogP contribution >= 0.6 is 0 Å². The Hall–Kier alpha value is -2.48. The van der Waals surface area contributed by atoms with Crippen LogP contribution in [-0.4, -0.2) is 58.6 Å². The van der Waals surface area contributed by atoms with Crippen molar-refractivity contribution in [3.63, 3.8) is 0 Å². The van der Waals surface area contributed by atoms with Crippen molar-refractivity contribution in [2.24, 2.45) is 5.92 Å². The minimum Gasteiger partial charge on any atom is -0.491 e. The van der Waals surface area contributed by atoms with Crippen molar-refractivity contribution in [2.75, 3.05) is 13.2 Å². The molecule has 1 aromatic rings. The second-order valence-electron chi connectivity index (χ2n) is 6.60. The van der Waals surface area contributed by atoms with Crippen molar-refractivity contribution >= 4 is 11.8 Å². The summed E-state index contributed by atoms with van der Waals surface area (Å²) in [5.41, 5.74) is 0. The lowest BCUT2D eigenvalue weighted by atomic mass is 9.99. The van der Waals surface area contributed by atoms with Crippen LogP contribution in [0, 0.1) is 5.92 Å². The highest BCUT2D eigenvalue weighted by Crippen LogP contribution is 2.29. The van der Waals surface area contributed by atoms with Gasteiger partial charge in [-0.3, -0.25) is 4.79 Å². The molecular weight excluding hydrogens is 364 g/mol. The highest BCUT2D eigenvalue weighted by atomic mass is 16.5. The second kappa shape index (κ2) is 11.4. The number of Topliss-reactive ketones (excluding diaryl/α,β-unsaturated/α-hetero) is 1. The number of hydrogen-bond acceptors (Lipinski definition) is 6. The smallest absolute Gasteiger partial charge is 0.327 e. The molecule has 2 rings (SSSR count). The summed E-state index contributed by atoms with van der Waals surface area (Å²) in [7, 11) is 0. The third kappa shape index (κ3) is 7.26. The normalized spacial score (nSPS) is 23.5. The molecule has 0 aromatic heterocycles. The molecule has 7 nitrogen and oxygen atoms in total. The minimum absolute atomic E-state index is 0.0265. The van der Waals surface area contributed by atoms with Gasteiger partial charge < -0.3 is 24.8 Å². The number of carbonyl (C=O) groups is 2. The third-order valence-corrected chi connectivity index (χ3v) is 4.36. The summed E-state index contributed by atoms with van der Waals surface area (Å²) in [5.74, 6) is -0.946.